The van der Waals surface area contributed by atoms with Crippen LogP contribution in [0, 0.1) is 0 Å². The van der Waals surface area contributed by atoms with E-state index in [1.165, 1.54) is 33.5 Å². The number of carbonyl (C=O) groups excluding carboxylic acids is 1. The molecule has 0 bridgehead atoms. The number of hydrogen-bond donors (Lipinski definition) is 2. The molecule has 0 atom stereocenters. The molecule has 106 valence electrons. The summed E-state index contributed by atoms with van der Waals surface area (Å²) >= 11 is 0. The molecule has 1 aromatic carbocycles. The zero-order valence-electron chi connectivity index (χ0n) is 11.1. The standard InChI is InChI=1S/C11H13N5O4/c1-18-7-4-6(5-8(19-2)9(7)20-3)10(17)12-11-13-15-16-14-11/h4-5H,1-3H3,(H2,12,13,14,15,16,17). The number of hydrogen-bond acceptors (Lipinski definition) is 7. The van der Waals surface area contributed by atoms with E-state index in [4.69, 9.17) is 14.2 Å². The van der Waals surface area contributed by atoms with Crippen molar-refractivity contribution in [3.05, 3.63) is 17.7 Å². The Bertz CT molecular complexity index is 574. The van der Waals surface area contributed by atoms with E-state index in [9.17, 15) is 4.79 Å². The first kappa shape index (κ1) is 13.6. The Kier molecular flexibility index (Phi) is 3.99. The fourth-order valence-electron chi connectivity index (χ4n) is 1.60. The minimum Gasteiger partial charge on any atom is -0.493 e. The summed E-state index contributed by atoms with van der Waals surface area (Å²) < 4.78 is 15.5. The summed E-state index contributed by atoms with van der Waals surface area (Å²) in [7, 11) is 4.43. The van der Waals surface area contributed by atoms with Gasteiger partial charge in [0.1, 0.15) is 0 Å². The van der Waals surface area contributed by atoms with Gasteiger partial charge in [-0.25, -0.2) is 0 Å². The van der Waals surface area contributed by atoms with Crippen LogP contribution in [0.1, 0.15) is 10.4 Å². The molecule has 9 nitrogen and oxygen atoms in total. The Morgan fingerprint density at radius 1 is 1.15 bits per heavy atom. The van der Waals surface area contributed by atoms with Gasteiger partial charge in [0.25, 0.3) is 11.9 Å². The number of amides is 1. The van der Waals surface area contributed by atoms with Gasteiger partial charge in [-0.3, -0.25) is 10.1 Å². The smallest absolute Gasteiger partial charge is 0.270 e. The lowest BCUT2D eigenvalue weighted by atomic mass is 10.1. The van der Waals surface area contributed by atoms with Crippen molar-refractivity contribution < 1.29 is 19.0 Å². The molecule has 2 aromatic rings. The summed E-state index contributed by atoms with van der Waals surface area (Å²) in [4.78, 5) is 12.1. The minimum absolute atomic E-state index is 0.0729. The van der Waals surface area contributed by atoms with Crippen LogP contribution in [0.5, 0.6) is 17.2 Å². The van der Waals surface area contributed by atoms with E-state index in [0.29, 0.717) is 22.8 Å². The number of methoxy groups -OCH3 is 3. The molecule has 0 aliphatic carbocycles. The first-order chi connectivity index (χ1) is 9.69. The van der Waals surface area contributed by atoms with Crippen LogP contribution in [0.15, 0.2) is 12.1 Å². The van der Waals surface area contributed by atoms with Crippen molar-refractivity contribution in [1.82, 2.24) is 20.6 Å². The maximum Gasteiger partial charge on any atom is 0.270 e. The summed E-state index contributed by atoms with van der Waals surface area (Å²) in [6.07, 6.45) is 0. The maximum atomic E-state index is 12.1. The van der Waals surface area contributed by atoms with Crippen LogP contribution in [0.4, 0.5) is 5.95 Å². The number of nitrogens with zero attached hydrogens (tertiary/aromatic N) is 3. The third-order valence-electron chi connectivity index (χ3n) is 2.50. The number of rotatable bonds is 5. The van der Waals surface area contributed by atoms with Crippen molar-refractivity contribution in [3.8, 4) is 17.2 Å². The quantitative estimate of drug-likeness (QED) is 0.818. The number of benzene rings is 1. The molecule has 1 aromatic heterocycles. The number of carbonyl (C=O) groups is 1. The van der Waals surface area contributed by atoms with Gasteiger partial charge in [0.2, 0.25) is 5.75 Å². The third kappa shape index (κ3) is 2.60. The highest BCUT2D eigenvalue weighted by atomic mass is 16.5. The Morgan fingerprint density at radius 3 is 2.25 bits per heavy atom. The average Bonchev–Trinajstić information content (AvgIpc) is 2.98. The first-order valence-corrected chi connectivity index (χ1v) is 5.54. The molecule has 1 heterocycles. The molecule has 0 aliphatic heterocycles. The number of ether oxygens (including phenoxy) is 3. The fraction of sp³-hybridized carbons (Fsp3) is 0.273. The van der Waals surface area contributed by atoms with E-state index >= 15 is 0 Å². The van der Waals surface area contributed by atoms with Crippen molar-refractivity contribution >= 4 is 11.9 Å². The molecule has 0 radical (unpaired) electrons. The van der Waals surface area contributed by atoms with Gasteiger partial charge in [0.05, 0.1) is 21.3 Å². The largest absolute Gasteiger partial charge is 0.493 e. The van der Waals surface area contributed by atoms with Gasteiger partial charge >= 0.3 is 0 Å². The van der Waals surface area contributed by atoms with Crippen LogP contribution in [0.2, 0.25) is 0 Å². The van der Waals surface area contributed by atoms with Crippen molar-refractivity contribution in [3.63, 3.8) is 0 Å². The monoisotopic (exact) mass is 279 g/mol. The summed E-state index contributed by atoms with van der Waals surface area (Å²) in [6.45, 7) is 0. The van der Waals surface area contributed by atoms with Crippen LogP contribution in [0.25, 0.3) is 0 Å². The highest BCUT2D eigenvalue weighted by Gasteiger charge is 2.17. The number of aromatic amines is 1. The molecule has 1 amide bonds. The Hall–Kier alpha value is -2.84. The van der Waals surface area contributed by atoms with E-state index in [-0.39, 0.29) is 5.95 Å². The van der Waals surface area contributed by atoms with Gasteiger partial charge in [0, 0.05) is 5.56 Å². The lowest BCUT2D eigenvalue weighted by Crippen LogP contribution is -2.13. The molecular formula is C11H13N5O4. The van der Waals surface area contributed by atoms with E-state index in [2.05, 4.69) is 25.9 Å². The Labute approximate surface area is 114 Å². The topological polar surface area (TPSA) is 111 Å². The third-order valence-corrected chi connectivity index (χ3v) is 2.50. The SMILES string of the molecule is COc1cc(C(=O)Nc2nn[nH]n2)cc(OC)c1OC. The van der Waals surface area contributed by atoms with Crippen molar-refractivity contribution in [2.24, 2.45) is 0 Å². The van der Waals surface area contributed by atoms with E-state index in [1.807, 2.05) is 0 Å². The number of tetrazole rings is 1. The second-order valence-corrected chi connectivity index (χ2v) is 3.60. The van der Waals surface area contributed by atoms with E-state index in [1.54, 1.807) is 0 Å². The molecule has 2 N–H and O–H groups in total. The molecular weight excluding hydrogens is 266 g/mol. The van der Waals surface area contributed by atoms with Gasteiger partial charge in [-0.15, -0.1) is 5.10 Å². The second-order valence-electron chi connectivity index (χ2n) is 3.60. The summed E-state index contributed by atoms with van der Waals surface area (Å²) in [5.41, 5.74) is 0.310. The molecule has 0 unspecified atom stereocenters. The molecule has 0 spiro atoms. The van der Waals surface area contributed by atoms with Gasteiger partial charge in [-0.2, -0.15) is 5.21 Å². The average molecular weight is 279 g/mol. The van der Waals surface area contributed by atoms with Gasteiger partial charge in [-0.1, -0.05) is 5.10 Å². The first-order valence-electron chi connectivity index (χ1n) is 5.54. The maximum absolute atomic E-state index is 12.1. The lowest BCUT2D eigenvalue weighted by molar-refractivity contribution is 0.102. The number of aromatic nitrogens is 4. The molecule has 0 saturated heterocycles. The molecule has 0 saturated carbocycles. The molecule has 0 fully saturated rings. The van der Waals surface area contributed by atoms with Crippen LogP contribution >= 0.6 is 0 Å². The zero-order chi connectivity index (χ0) is 14.5. The molecule has 0 aliphatic rings. The predicted octanol–water partition coefficient (Wildman–Crippen LogP) is 0.478. The minimum atomic E-state index is -0.425. The van der Waals surface area contributed by atoms with Crippen molar-refractivity contribution in [1.29, 1.82) is 0 Å². The number of H-pyrrole nitrogens is 1. The van der Waals surface area contributed by atoms with Crippen LogP contribution < -0.4 is 19.5 Å². The van der Waals surface area contributed by atoms with Gasteiger partial charge in [-0.05, 0) is 17.3 Å². The van der Waals surface area contributed by atoms with E-state index in [0.717, 1.165) is 0 Å². The van der Waals surface area contributed by atoms with E-state index < -0.39 is 5.91 Å². The van der Waals surface area contributed by atoms with Gasteiger partial charge in [0.15, 0.2) is 11.5 Å². The molecule has 2 rings (SSSR count). The Morgan fingerprint density at radius 2 is 1.80 bits per heavy atom. The number of anilines is 1. The lowest BCUT2D eigenvalue weighted by Gasteiger charge is -2.13. The second kappa shape index (κ2) is 5.87. The van der Waals surface area contributed by atoms with Crippen LogP contribution in [0.3, 0.4) is 0 Å². The summed E-state index contributed by atoms with van der Waals surface area (Å²) in [6, 6.07) is 3.05. The van der Waals surface area contributed by atoms with Crippen LogP contribution in [-0.2, 0) is 0 Å². The number of nitrogens with one attached hydrogen (secondary N) is 2. The van der Waals surface area contributed by atoms with Gasteiger partial charge < -0.3 is 14.2 Å². The Balaban J connectivity index is 2.34. The van der Waals surface area contributed by atoms with Crippen molar-refractivity contribution in [2.75, 3.05) is 26.6 Å². The summed E-state index contributed by atoms with van der Waals surface area (Å²) in [5, 5.41) is 15.3. The predicted molar refractivity (Wildman–Crippen MR) is 68.2 cm³/mol. The highest BCUT2D eigenvalue weighted by Crippen LogP contribution is 2.38. The highest BCUT2D eigenvalue weighted by molar-refractivity contribution is 6.04. The normalized spacial score (nSPS) is 9.95. The molecule has 20 heavy (non-hydrogen) atoms. The zero-order valence-corrected chi connectivity index (χ0v) is 11.1. The van der Waals surface area contributed by atoms with Crippen molar-refractivity contribution in [2.45, 2.75) is 0 Å². The summed E-state index contributed by atoms with van der Waals surface area (Å²) in [5.74, 6) is 0.815. The molecule has 9 heteroatoms. The van der Waals surface area contributed by atoms with Crippen LogP contribution in [-0.4, -0.2) is 47.9 Å². The fourth-order valence-corrected chi connectivity index (χ4v) is 1.60.